The fourth-order valence-corrected chi connectivity index (χ4v) is 5.13. The van der Waals surface area contributed by atoms with Crippen molar-refractivity contribution in [3.05, 3.63) is 53.2 Å². The molecule has 2 amide bonds. The number of benzene rings is 1. The third kappa shape index (κ3) is 4.75. The van der Waals surface area contributed by atoms with Crippen LogP contribution in [0.3, 0.4) is 0 Å². The number of amides is 2. The zero-order valence-electron chi connectivity index (χ0n) is 18.5. The van der Waals surface area contributed by atoms with Crippen LogP contribution in [-0.4, -0.2) is 41.9 Å². The van der Waals surface area contributed by atoms with Crippen molar-refractivity contribution in [1.29, 1.82) is 0 Å². The van der Waals surface area contributed by atoms with Gasteiger partial charge < -0.3 is 15.0 Å². The van der Waals surface area contributed by atoms with E-state index in [-0.39, 0.29) is 17.7 Å². The molecule has 2 aromatic rings. The quantitative estimate of drug-likeness (QED) is 0.701. The van der Waals surface area contributed by atoms with Crippen LogP contribution in [-0.2, 0) is 15.0 Å². The molecule has 1 aromatic carbocycles. The van der Waals surface area contributed by atoms with Crippen LogP contribution in [0.15, 0.2) is 42.6 Å². The number of pyridine rings is 1. The Balaban J connectivity index is 1.42. The number of likely N-dealkylation sites (tertiary alicyclic amines) is 1. The number of rotatable bonds is 5. The summed E-state index contributed by atoms with van der Waals surface area (Å²) in [7, 11) is 1.65. The van der Waals surface area contributed by atoms with Crippen molar-refractivity contribution >= 4 is 29.2 Å². The molecule has 2 heterocycles. The van der Waals surface area contributed by atoms with E-state index >= 15 is 0 Å². The lowest BCUT2D eigenvalue weighted by molar-refractivity contribution is -0.141. The summed E-state index contributed by atoms with van der Waals surface area (Å²) in [5, 5.41) is 3.40. The Morgan fingerprint density at radius 2 is 1.75 bits per heavy atom. The Bertz CT molecular complexity index is 932. The molecule has 1 N–H and O–H groups in total. The molecule has 32 heavy (non-hydrogen) atoms. The molecule has 0 unspecified atom stereocenters. The largest absolute Gasteiger partial charge is 0.497 e. The number of ether oxygens (including phenoxy) is 1. The molecule has 0 radical (unpaired) electrons. The molecule has 0 bridgehead atoms. The van der Waals surface area contributed by atoms with Crippen LogP contribution < -0.4 is 10.1 Å². The van der Waals surface area contributed by atoms with E-state index in [1.54, 1.807) is 19.2 Å². The second-order valence-electron chi connectivity index (χ2n) is 8.79. The summed E-state index contributed by atoms with van der Waals surface area (Å²) in [6, 6.07) is 11.4. The Morgan fingerprint density at radius 3 is 2.34 bits per heavy atom. The standard InChI is InChI=1S/C25H30ClN3O3/c1-32-21-8-5-19(6-9-21)25(13-3-2-4-14-25)24(31)29-15-11-18(12-16-29)23(30)28-22-10-7-20(26)17-27-22/h5-10,17-18H,2-4,11-16H2,1H3,(H,27,28,30). The first kappa shape index (κ1) is 22.6. The van der Waals surface area contributed by atoms with Crippen molar-refractivity contribution < 1.29 is 14.3 Å². The molecule has 1 saturated heterocycles. The van der Waals surface area contributed by atoms with Crippen LogP contribution in [0.25, 0.3) is 0 Å². The van der Waals surface area contributed by atoms with Crippen LogP contribution in [0.5, 0.6) is 5.75 Å². The van der Waals surface area contributed by atoms with Crippen LogP contribution in [0.2, 0.25) is 5.02 Å². The molecule has 6 nitrogen and oxygen atoms in total. The zero-order chi connectivity index (χ0) is 22.6. The highest BCUT2D eigenvalue weighted by Gasteiger charge is 2.44. The van der Waals surface area contributed by atoms with Gasteiger partial charge in [-0.25, -0.2) is 4.98 Å². The van der Waals surface area contributed by atoms with Crippen molar-refractivity contribution in [1.82, 2.24) is 9.88 Å². The van der Waals surface area contributed by atoms with Gasteiger partial charge in [0, 0.05) is 25.2 Å². The summed E-state index contributed by atoms with van der Waals surface area (Å²) in [5.74, 6) is 1.34. The molecule has 170 valence electrons. The van der Waals surface area contributed by atoms with Gasteiger partial charge in [-0.05, 0) is 55.5 Å². The monoisotopic (exact) mass is 455 g/mol. The minimum Gasteiger partial charge on any atom is -0.497 e. The predicted molar refractivity (Wildman–Crippen MR) is 125 cm³/mol. The number of methoxy groups -OCH3 is 1. The van der Waals surface area contributed by atoms with Gasteiger partial charge in [-0.2, -0.15) is 0 Å². The first-order chi connectivity index (χ1) is 15.5. The van der Waals surface area contributed by atoms with Gasteiger partial charge in [-0.1, -0.05) is 43.0 Å². The molecule has 2 fully saturated rings. The number of halogens is 1. The van der Waals surface area contributed by atoms with Crippen LogP contribution in [0.4, 0.5) is 5.82 Å². The molecular formula is C25H30ClN3O3. The van der Waals surface area contributed by atoms with Gasteiger partial charge in [-0.15, -0.1) is 0 Å². The van der Waals surface area contributed by atoms with E-state index in [2.05, 4.69) is 10.3 Å². The highest BCUT2D eigenvalue weighted by atomic mass is 35.5. The third-order valence-electron chi connectivity index (χ3n) is 6.89. The van der Waals surface area contributed by atoms with Gasteiger partial charge in [0.25, 0.3) is 0 Å². The van der Waals surface area contributed by atoms with E-state index in [9.17, 15) is 9.59 Å². The zero-order valence-corrected chi connectivity index (χ0v) is 19.2. The highest BCUT2D eigenvalue weighted by molar-refractivity contribution is 6.30. The number of hydrogen-bond donors (Lipinski definition) is 1. The average molecular weight is 456 g/mol. The van der Waals surface area contributed by atoms with Crippen LogP contribution >= 0.6 is 11.6 Å². The number of hydrogen-bond acceptors (Lipinski definition) is 4. The predicted octanol–water partition coefficient (Wildman–Crippen LogP) is 4.82. The van der Waals surface area contributed by atoms with E-state index in [0.717, 1.165) is 37.0 Å². The molecule has 4 rings (SSSR count). The molecule has 1 aliphatic heterocycles. The second-order valence-corrected chi connectivity index (χ2v) is 9.23. The maximum atomic E-state index is 13.8. The summed E-state index contributed by atoms with van der Waals surface area (Å²) in [4.78, 5) is 32.6. The Hall–Kier alpha value is -2.60. The summed E-state index contributed by atoms with van der Waals surface area (Å²) >= 11 is 5.86. The fraction of sp³-hybridized carbons (Fsp3) is 0.480. The van der Waals surface area contributed by atoms with Crippen molar-refractivity contribution in [2.45, 2.75) is 50.4 Å². The van der Waals surface area contributed by atoms with Gasteiger partial charge in [0.15, 0.2) is 0 Å². The lowest BCUT2D eigenvalue weighted by Crippen LogP contribution is -2.51. The SMILES string of the molecule is COc1ccc(C2(C(=O)N3CCC(C(=O)Nc4ccc(Cl)cn4)CC3)CCCCC2)cc1. The van der Waals surface area contributed by atoms with E-state index in [4.69, 9.17) is 16.3 Å². The maximum Gasteiger partial charge on any atom is 0.233 e. The first-order valence-electron chi connectivity index (χ1n) is 11.4. The molecular weight excluding hydrogens is 426 g/mol. The summed E-state index contributed by atoms with van der Waals surface area (Å²) in [6.07, 6.45) is 7.87. The smallest absolute Gasteiger partial charge is 0.233 e. The highest BCUT2D eigenvalue weighted by Crippen LogP contribution is 2.42. The second kappa shape index (κ2) is 9.90. The molecule has 1 aromatic heterocycles. The van der Waals surface area contributed by atoms with Crippen molar-refractivity contribution in [2.24, 2.45) is 5.92 Å². The number of carbonyl (C=O) groups excluding carboxylic acids is 2. The number of carbonyl (C=O) groups is 2. The minimum atomic E-state index is -0.465. The summed E-state index contributed by atoms with van der Waals surface area (Å²) < 4.78 is 5.30. The number of piperidine rings is 1. The van der Waals surface area contributed by atoms with Crippen molar-refractivity contribution in [3.63, 3.8) is 0 Å². The van der Waals surface area contributed by atoms with E-state index < -0.39 is 5.41 Å². The fourth-order valence-electron chi connectivity index (χ4n) is 5.02. The Morgan fingerprint density at radius 1 is 1.06 bits per heavy atom. The van der Waals surface area contributed by atoms with E-state index in [0.29, 0.717) is 36.8 Å². The first-order valence-corrected chi connectivity index (χ1v) is 11.8. The van der Waals surface area contributed by atoms with Gasteiger partial charge in [-0.3, -0.25) is 9.59 Å². The molecule has 2 aliphatic rings. The number of nitrogens with one attached hydrogen (secondary N) is 1. The topological polar surface area (TPSA) is 71.5 Å². The average Bonchev–Trinajstić information content (AvgIpc) is 2.85. The Kier molecular flexibility index (Phi) is 6.99. The summed E-state index contributed by atoms with van der Waals surface area (Å²) in [6.45, 7) is 1.20. The number of anilines is 1. The normalized spacial score (nSPS) is 18.8. The summed E-state index contributed by atoms with van der Waals surface area (Å²) in [5.41, 5.74) is 0.615. The molecule has 1 aliphatic carbocycles. The van der Waals surface area contributed by atoms with Gasteiger partial charge in [0.05, 0.1) is 17.5 Å². The number of nitrogens with zero attached hydrogens (tertiary/aromatic N) is 2. The van der Waals surface area contributed by atoms with Gasteiger partial charge in [0.1, 0.15) is 11.6 Å². The lowest BCUT2D eigenvalue weighted by atomic mass is 9.68. The van der Waals surface area contributed by atoms with Gasteiger partial charge in [0.2, 0.25) is 11.8 Å². The maximum absolute atomic E-state index is 13.8. The molecule has 0 atom stereocenters. The molecule has 7 heteroatoms. The molecule has 0 spiro atoms. The van der Waals surface area contributed by atoms with Gasteiger partial charge >= 0.3 is 0 Å². The molecule has 1 saturated carbocycles. The van der Waals surface area contributed by atoms with Crippen LogP contribution in [0, 0.1) is 5.92 Å². The van der Waals surface area contributed by atoms with E-state index in [1.807, 2.05) is 29.2 Å². The Labute approximate surface area is 194 Å². The number of aromatic nitrogens is 1. The van der Waals surface area contributed by atoms with Crippen molar-refractivity contribution in [2.75, 3.05) is 25.5 Å². The van der Waals surface area contributed by atoms with Crippen LogP contribution in [0.1, 0.15) is 50.5 Å². The van der Waals surface area contributed by atoms with E-state index in [1.165, 1.54) is 12.6 Å². The lowest BCUT2D eigenvalue weighted by Gasteiger charge is -2.42. The van der Waals surface area contributed by atoms with Crippen molar-refractivity contribution in [3.8, 4) is 5.75 Å². The minimum absolute atomic E-state index is 0.0468. The third-order valence-corrected chi connectivity index (χ3v) is 7.11.